The number of hydrogen-bond donors (Lipinski definition) is 0. The largest absolute Gasteiger partial charge is 0.484 e. The van der Waals surface area contributed by atoms with Gasteiger partial charge in [-0.3, -0.25) is 9.78 Å². The van der Waals surface area contributed by atoms with Crippen molar-refractivity contribution in [3.8, 4) is 5.75 Å². The molecule has 2 aromatic rings. The van der Waals surface area contributed by atoms with Crippen molar-refractivity contribution >= 4 is 17.4 Å². The van der Waals surface area contributed by atoms with Crippen molar-refractivity contribution in [2.24, 2.45) is 0 Å². The number of nitrogens with zero attached hydrogens (tertiary/aromatic N) is 4. The number of carbonyl (C=O) groups is 1. The Morgan fingerprint density at radius 1 is 1.29 bits per heavy atom. The lowest BCUT2D eigenvalue weighted by atomic mass is 10.2. The molecule has 2 fully saturated rings. The first-order valence-corrected chi connectivity index (χ1v) is 10.3. The molecule has 0 saturated carbocycles. The first-order chi connectivity index (χ1) is 13.6. The van der Waals surface area contributed by atoms with Gasteiger partial charge >= 0.3 is 0 Å². The van der Waals surface area contributed by atoms with Crippen molar-refractivity contribution in [3.05, 3.63) is 34.6 Å². The average molecular weight is 404 g/mol. The smallest absolute Gasteiger partial charge is 0.267 e. The molecule has 0 aromatic carbocycles. The Morgan fingerprint density at radius 3 is 2.68 bits per heavy atom. The maximum absolute atomic E-state index is 12.9. The van der Waals surface area contributed by atoms with Crippen molar-refractivity contribution in [3.63, 3.8) is 0 Å². The van der Waals surface area contributed by atoms with Gasteiger partial charge in [0.25, 0.3) is 5.91 Å². The summed E-state index contributed by atoms with van der Waals surface area (Å²) in [6.07, 6.45) is 2.91. The van der Waals surface area contributed by atoms with Crippen LogP contribution in [0.3, 0.4) is 0 Å². The Morgan fingerprint density at radius 2 is 2.04 bits per heavy atom. The molecule has 1 amide bonds. The van der Waals surface area contributed by atoms with Crippen LogP contribution in [0.4, 0.5) is 0 Å². The highest BCUT2D eigenvalue weighted by Gasteiger charge is 2.40. The third-order valence-corrected chi connectivity index (χ3v) is 5.67. The zero-order valence-electron chi connectivity index (χ0n) is 16.0. The Labute approximate surface area is 168 Å². The average Bonchev–Trinajstić information content (AvgIpc) is 3.28. The zero-order chi connectivity index (χ0) is 19.5. The quantitative estimate of drug-likeness (QED) is 0.752. The van der Waals surface area contributed by atoms with E-state index in [4.69, 9.17) is 14.2 Å². The minimum absolute atomic E-state index is 0.0303. The topological polar surface area (TPSA) is 86.7 Å². The summed E-state index contributed by atoms with van der Waals surface area (Å²) < 4.78 is 21.9. The molecule has 8 nitrogen and oxygen atoms in total. The molecule has 2 aliphatic heterocycles. The number of amides is 1. The van der Waals surface area contributed by atoms with E-state index >= 15 is 0 Å². The molecule has 2 atom stereocenters. The van der Waals surface area contributed by atoms with Crippen LogP contribution in [-0.4, -0.2) is 70.0 Å². The second-order valence-electron chi connectivity index (χ2n) is 7.13. The molecule has 28 heavy (non-hydrogen) atoms. The Kier molecular flexibility index (Phi) is 5.84. The third-order valence-electron chi connectivity index (χ3n) is 4.92. The maximum Gasteiger partial charge on any atom is 0.267 e. The molecular formula is C19H24N4O4S. The molecule has 150 valence electrons. The van der Waals surface area contributed by atoms with Gasteiger partial charge in [0.05, 0.1) is 25.1 Å². The molecule has 0 bridgehead atoms. The van der Waals surface area contributed by atoms with Gasteiger partial charge in [-0.15, -0.1) is 5.10 Å². The minimum Gasteiger partial charge on any atom is -0.484 e. The van der Waals surface area contributed by atoms with E-state index < -0.39 is 0 Å². The van der Waals surface area contributed by atoms with Crippen molar-refractivity contribution < 1.29 is 19.0 Å². The number of aryl methyl sites for hydroxylation is 2. The Bertz CT molecular complexity index is 797. The van der Waals surface area contributed by atoms with Crippen molar-refractivity contribution in [1.82, 2.24) is 19.5 Å². The summed E-state index contributed by atoms with van der Waals surface area (Å²) in [5.41, 5.74) is 1.73. The number of hydrogen-bond acceptors (Lipinski definition) is 8. The van der Waals surface area contributed by atoms with Crippen LogP contribution >= 0.6 is 11.5 Å². The number of aromatic nitrogens is 3. The molecule has 2 saturated heterocycles. The molecule has 2 aliphatic rings. The van der Waals surface area contributed by atoms with E-state index in [1.165, 1.54) is 0 Å². The van der Waals surface area contributed by atoms with E-state index in [0.29, 0.717) is 36.9 Å². The molecule has 2 aromatic heterocycles. The van der Waals surface area contributed by atoms with Crippen LogP contribution in [0.2, 0.25) is 0 Å². The second-order valence-corrected chi connectivity index (χ2v) is 7.88. The van der Waals surface area contributed by atoms with Gasteiger partial charge in [0.15, 0.2) is 0 Å². The number of pyridine rings is 1. The minimum atomic E-state index is -0.193. The molecular weight excluding hydrogens is 380 g/mol. The summed E-state index contributed by atoms with van der Waals surface area (Å²) in [4.78, 5) is 19.5. The van der Waals surface area contributed by atoms with Crippen LogP contribution in [0.15, 0.2) is 18.3 Å². The van der Waals surface area contributed by atoms with Gasteiger partial charge in [0.1, 0.15) is 28.9 Å². The van der Waals surface area contributed by atoms with E-state index in [1.54, 1.807) is 11.1 Å². The maximum atomic E-state index is 12.9. The summed E-state index contributed by atoms with van der Waals surface area (Å²) in [6.45, 7) is 5.84. The van der Waals surface area contributed by atoms with Gasteiger partial charge in [0, 0.05) is 18.8 Å². The highest BCUT2D eigenvalue weighted by atomic mass is 32.1. The summed E-state index contributed by atoms with van der Waals surface area (Å²) >= 11 is 1.16. The summed E-state index contributed by atoms with van der Waals surface area (Å²) in [5.74, 6) is 0.671. The van der Waals surface area contributed by atoms with Gasteiger partial charge in [-0.1, -0.05) is 17.8 Å². The predicted molar refractivity (Wildman–Crippen MR) is 103 cm³/mol. The van der Waals surface area contributed by atoms with E-state index in [9.17, 15) is 4.79 Å². The fourth-order valence-corrected chi connectivity index (χ4v) is 4.12. The number of fused-ring (bicyclic) bond motifs is 1. The van der Waals surface area contributed by atoms with E-state index in [0.717, 1.165) is 35.8 Å². The van der Waals surface area contributed by atoms with Gasteiger partial charge in [-0.05, 0) is 37.0 Å². The van der Waals surface area contributed by atoms with Gasteiger partial charge in [-0.2, -0.15) is 0 Å². The lowest BCUT2D eigenvalue weighted by Gasteiger charge is -2.19. The van der Waals surface area contributed by atoms with Crippen LogP contribution in [0.5, 0.6) is 5.75 Å². The Balaban J connectivity index is 1.34. The van der Waals surface area contributed by atoms with Gasteiger partial charge in [0.2, 0.25) is 0 Å². The molecule has 0 spiro atoms. The lowest BCUT2D eigenvalue weighted by molar-refractivity contribution is -0.00461. The monoisotopic (exact) mass is 404 g/mol. The molecule has 0 aliphatic carbocycles. The summed E-state index contributed by atoms with van der Waals surface area (Å²) in [5, 5.41) is 4.10. The van der Waals surface area contributed by atoms with E-state index in [-0.39, 0.29) is 24.2 Å². The number of ether oxygens (including phenoxy) is 3. The van der Waals surface area contributed by atoms with Crippen molar-refractivity contribution in [1.29, 1.82) is 0 Å². The molecule has 9 heteroatoms. The van der Waals surface area contributed by atoms with Gasteiger partial charge < -0.3 is 19.1 Å². The summed E-state index contributed by atoms with van der Waals surface area (Å²) in [6, 6.07) is 3.80. The van der Waals surface area contributed by atoms with E-state index in [2.05, 4.69) is 21.5 Å². The first-order valence-electron chi connectivity index (χ1n) is 9.57. The summed E-state index contributed by atoms with van der Waals surface area (Å²) in [7, 11) is 0. The van der Waals surface area contributed by atoms with Gasteiger partial charge in [-0.25, -0.2) is 0 Å². The van der Waals surface area contributed by atoms with Crippen LogP contribution in [0.1, 0.15) is 34.4 Å². The number of likely N-dealkylation sites (tertiary alicyclic amines) is 1. The van der Waals surface area contributed by atoms with E-state index in [1.807, 2.05) is 19.1 Å². The van der Waals surface area contributed by atoms with Crippen LogP contribution < -0.4 is 4.74 Å². The SMILES string of the molecule is CCCc1nnsc1C(=O)N1C[C@@H]2OCC(Oc3ccc(C)nc3)CO[C@H]2C1. The number of rotatable bonds is 5. The Hall–Kier alpha value is -2.10. The molecule has 4 heterocycles. The molecule has 0 N–H and O–H groups in total. The van der Waals surface area contributed by atoms with Crippen molar-refractivity contribution in [2.45, 2.75) is 45.0 Å². The molecule has 0 unspecified atom stereocenters. The first kappa shape index (κ1) is 19.2. The fraction of sp³-hybridized carbons (Fsp3) is 0.579. The molecule has 0 radical (unpaired) electrons. The fourth-order valence-electron chi connectivity index (χ4n) is 3.44. The predicted octanol–water partition coefficient (Wildman–Crippen LogP) is 1.88. The highest BCUT2D eigenvalue weighted by molar-refractivity contribution is 7.08. The van der Waals surface area contributed by atoms with Crippen LogP contribution in [-0.2, 0) is 15.9 Å². The normalized spacial score (nSPS) is 22.7. The van der Waals surface area contributed by atoms with Crippen molar-refractivity contribution in [2.75, 3.05) is 26.3 Å². The molecule has 4 rings (SSSR count). The lowest BCUT2D eigenvalue weighted by Crippen LogP contribution is -2.33. The van der Waals surface area contributed by atoms with Crippen LogP contribution in [0, 0.1) is 6.92 Å². The zero-order valence-corrected chi connectivity index (χ0v) is 16.9. The standard InChI is InChI=1S/C19H24N4O4S/c1-3-4-15-18(28-22-21-15)19(24)23-8-16-17(9-23)26-11-14(10-25-16)27-13-6-5-12(2)20-7-13/h5-7,14,16-17H,3-4,8-11H2,1-2H3/t16-,17-/m0/s1. The highest BCUT2D eigenvalue weighted by Crippen LogP contribution is 2.25. The second kappa shape index (κ2) is 8.50. The number of carbonyl (C=O) groups excluding carboxylic acids is 1. The van der Waals surface area contributed by atoms with Crippen LogP contribution in [0.25, 0.3) is 0 Å². The third kappa shape index (κ3) is 4.16.